The van der Waals surface area contributed by atoms with E-state index in [1.54, 1.807) is 0 Å². The highest BCUT2D eigenvalue weighted by Gasteiger charge is 2.94. The maximum atomic E-state index is 13.4. The lowest BCUT2D eigenvalue weighted by Gasteiger charge is -2.43. The summed E-state index contributed by atoms with van der Waals surface area (Å²) in [6.07, 6.45) is -14.3. The average molecular weight is 500 g/mol. The molecule has 0 aromatic heterocycles. The third-order valence-electron chi connectivity index (χ3n) is 3.63. The molecule has 0 N–H and O–H groups in total. The van der Waals surface area contributed by atoms with Crippen LogP contribution in [0.4, 0.5) is 70.2 Å². The van der Waals surface area contributed by atoms with Gasteiger partial charge < -0.3 is 4.74 Å². The third-order valence-corrected chi connectivity index (χ3v) is 3.63. The lowest BCUT2D eigenvalue weighted by molar-refractivity contribution is -0.463. The van der Waals surface area contributed by atoms with Crippen molar-refractivity contribution in [1.82, 2.24) is 0 Å². The molecule has 31 heavy (non-hydrogen) atoms. The van der Waals surface area contributed by atoms with Gasteiger partial charge in [0.05, 0.1) is 0 Å². The quantitative estimate of drug-likeness (QED) is 0.227. The molecule has 18 heteroatoms. The highest BCUT2D eigenvalue weighted by atomic mass is 19.4. The van der Waals surface area contributed by atoms with Crippen LogP contribution < -0.4 is 0 Å². The first-order valence-corrected chi connectivity index (χ1v) is 6.99. The minimum Gasteiger partial charge on any atom is -0.393 e. The van der Waals surface area contributed by atoms with Crippen LogP contribution in [0.15, 0.2) is 12.2 Å². The number of esters is 1. The Labute approximate surface area is 160 Å². The van der Waals surface area contributed by atoms with Gasteiger partial charge in [-0.15, -0.1) is 0 Å². The van der Waals surface area contributed by atoms with Crippen molar-refractivity contribution in [2.75, 3.05) is 0 Å². The molecule has 0 aliphatic carbocycles. The van der Waals surface area contributed by atoms with Gasteiger partial charge >= 0.3 is 47.9 Å². The van der Waals surface area contributed by atoms with Gasteiger partial charge in [0.1, 0.15) is 0 Å². The Kier molecular flexibility index (Phi) is 6.86. The van der Waals surface area contributed by atoms with Gasteiger partial charge in [0.25, 0.3) is 5.67 Å². The molecule has 0 radical (unpaired) electrons. The number of rotatable bonds is 8. The summed E-state index contributed by atoms with van der Waals surface area (Å²) in [5.41, 5.74) is -7.99. The van der Waals surface area contributed by atoms with Crippen LogP contribution in [-0.2, 0) is 9.53 Å². The monoisotopic (exact) mass is 500 g/mol. The number of carbonyl (C=O) groups is 1. The van der Waals surface area contributed by atoms with E-state index in [1.807, 2.05) is 0 Å². The van der Waals surface area contributed by atoms with Gasteiger partial charge in [-0.1, -0.05) is 6.58 Å². The van der Waals surface area contributed by atoms with Crippen LogP contribution in [0.2, 0.25) is 0 Å². The first kappa shape index (κ1) is 29.1. The maximum absolute atomic E-state index is 13.4. The molecule has 2 nitrogen and oxygen atoms in total. The van der Waals surface area contributed by atoms with Crippen molar-refractivity contribution in [1.29, 1.82) is 0 Å². The number of ether oxygens (including phenoxy) is 1. The highest BCUT2D eigenvalue weighted by Crippen LogP contribution is 2.63. The molecule has 0 amide bonds. The molecule has 0 saturated carbocycles. The Morgan fingerprint density at radius 1 is 0.613 bits per heavy atom. The molecule has 0 bridgehead atoms. The summed E-state index contributed by atoms with van der Waals surface area (Å²) in [6, 6.07) is 0. The van der Waals surface area contributed by atoms with Gasteiger partial charge in [-0.05, 0) is 13.8 Å². The van der Waals surface area contributed by atoms with E-state index < -0.39 is 66.0 Å². The zero-order chi connectivity index (χ0) is 25.9. The number of hydrogen-bond donors (Lipinski definition) is 0. The zero-order valence-electron chi connectivity index (χ0n) is 14.6. The summed E-state index contributed by atoms with van der Waals surface area (Å²) in [7, 11) is 0. The topological polar surface area (TPSA) is 26.3 Å². The molecular formula is C13H8F16O2. The van der Waals surface area contributed by atoms with Crippen molar-refractivity contribution < 1.29 is 79.8 Å². The van der Waals surface area contributed by atoms with Crippen molar-refractivity contribution in [2.45, 2.75) is 61.4 Å². The van der Waals surface area contributed by atoms with Crippen LogP contribution in [-0.4, -0.2) is 53.5 Å². The van der Waals surface area contributed by atoms with E-state index in [2.05, 4.69) is 11.3 Å². The molecule has 0 heterocycles. The second-order valence-corrected chi connectivity index (χ2v) is 6.06. The van der Waals surface area contributed by atoms with Gasteiger partial charge in [0, 0.05) is 5.57 Å². The van der Waals surface area contributed by atoms with E-state index in [-0.39, 0.29) is 0 Å². The summed E-state index contributed by atoms with van der Waals surface area (Å²) in [4.78, 5) is 10.8. The first-order chi connectivity index (χ1) is 13.1. The van der Waals surface area contributed by atoms with E-state index in [4.69, 9.17) is 0 Å². The van der Waals surface area contributed by atoms with Crippen LogP contribution in [0.3, 0.4) is 0 Å². The van der Waals surface area contributed by atoms with E-state index in [9.17, 15) is 75.0 Å². The Morgan fingerprint density at radius 2 is 0.903 bits per heavy atom. The second kappa shape index (κ2) is 7.31. The van der Waals surface area contributed by atoms with Crippen molar-refractivity contribution in [2.24, 2.45) is 0 Å². The van der Waals surface area contributed by atoms with Gasteiger partial charge in [-0.25, -0.2) is 9.18 Å². The molecule has 0 spiro atoms. The summed E-state index contributed by atoms with van der Waals surface area (Å²) in [5, 5.41) is 0. The minimum atomic E-state index is -8.48. The molecule has 0 aliphatic rings. The number of carbonyl (C=O) groups excluding carboxylic acids is 1. The number of halogens is 16. The molecule has 1 unspecified atom stereocenters. The van der Waals surface area contributed by atoms with Gasteiger partial charge in [-0.2, -0.15) is 65.9 Å². The third kappa shape index (κ3) is 3.89. The summed E-state index contributed by atoms with van der Waals surface area (Å²) >= 11 is 0. The highest BCUT2D eigenvalue weighted by molar-refractivity contribution is 5.87. The average Bonchev–Trinajstić information content (AvgIpc) is 2.51. The van der Waals surface area contributed by atoms with Crippen LogP contribution in [0, 0.1) is 0 Å². The van der Waals surface area contributed by atoms with Crippen molar-refractivity contribution in [3.8, 4) is 0 Å². The molecule has 0 saturated heterocycles. The fourth-order valence-electron chi connectivity index (χ4n) is 1.51. The van der Waals surface area contributed by atoms with Crippen molar-refractivity contribution in [3.05, 3.63) is 12.2 Å². The predicted octanol–water partition coefficient (Wildman–Crippen LogP) is 6.17. The summed E-state index contributed by atoms with van der Waals surface area (Å²) in [5.74, 6) is -43.7. The Balaban J connectivity index is 6.69. The maximum Gasteiger partial charge on any atom is 0.473 e. The molecule has 0 rings (SSSR count). The molecule has 0 aromatic rings. The zero-order valence-corrected chi connectivity index (χ0v) is 14.6. The lowest BCUT2D eigenvalue weighted by Crippen LogP contribution is -2.74. The molecule has 0 aliphatic heterocycles. The van der Waals surface area contributed by atoms with E-state index in [1.165, 1.54) is 0 Å². The van der Waals surface area contributed by atoms with E-state index >= 15 is 0 Å². The Bertz CT molecular complexity index is 718. The second-order valence-electron chi connectivity index (χ2n) is 6.06. The van der Waals surface area contributed by atoms with Gasteiger partial charge in [-0.3, -0.25) is 0 Å². The Morgan fingerprint density at radius 3 is 1.19 bits per heavy atom. The van der Waals surface area contributed by atoms with Gasteiger partial charge in [0.2, 0.25) is 0 Å². The van der Waals surface area contributed by atoms with Crippen LogP contribution in [0.5, 0.6) is 0 Å². The lowest BCUT2D eigenvalue weighted by atomic mass is 9.86. The largest absolute Gasteiger partial charge is 0.473 e. The number of alkyl halides is 16. The fraction of sp³-hybridized carbons (Fsp3) is 0.769. The van der Waals surface area contributed by atoms with E-state index in [0.717, 1.165) is 0 Å². The molecule has 1 atom stereocenters. The van der Waals surface area contributed by atoms with Crippen LogP contribution in [0.25, 0.3) is 0 Å². The molecular weight excluding hydrogens is 492 g/mol. The fourth-order valence-corrected chi connectivity index (χ4v) is 1.51. The normalized spacial score (nSPS) is 17.2. The van der Waals surface area contributed by atoms with Crippen molar-refractivity contribution in [3.63, 3.8) is 0 Å². The number of hydrogen-bond acceptors (Lipinski definition) is 2. The van der Waals surface area contributed by atoms with Gasteiger partial charge in [0.15, 0.2) is 0 Å². The molecule has 0 fully saturated rings. The Hall–Kier alpha value is -1.91. The van der Waals surface area contributed by atoms with Crippen LogP contribution >= 0.6 is 0 Å². The van der Waals surface area contributed by atoms with Crippen molar-refractivity contribution >= 4 is 5.97 Å². The predicted molar refractivity (Wildman–Crippen MR) is 66.2 cm³/mol. The minimum absolute atomic E-state index is 0.428. The SMILES string of the molecule is C=C(C)C(=O)OC(F)(F)C(F)(F)C(F)(F)C(F)(F)C(F)(F)C(F)(F)C(C)(F)C(F)(F)F. The first-order valence-electron chi connectivity index (χ1n) is 6.99. The summed E-state index contributed by atoms with van der Waals surface area (Å²) in [6.45, 7) is 1.41. The van der Waals surface area contributed by atoms with E-state index in [0.29, 0.717) is 6.92 Å². The smallest absolute Gasteiger partial charge is 0.393 e. The van der Waals surface area contributed by atoms with Crippen LogP contribution in [0.1, 0.15) is 13.8 Å². The standard InChI is InChI=1S/C13H8F16O2/c1-4(2)5(30)31-13(28,29)11(23,24)10(21,22)9(19,20)8(17,18)7(15,16)6(3,14)12(25,26)27/h1H2,2-3H3. The summed E-state index contributed by atoms with van der Waals surface area (Å²) < 4.78 is 213. The molecule has 184 valence electrons. The molecule has 0 aromatic carbocycles.